The van der Waals surface area contributed by atoms with Crippen LogP contribution in [0.25, 0.3) is 99.1 Å². The first kappa shape index (κ1) is 37.3. The lowest BCUT2D eigenvalue weighted by Crippen LogP contribution is -2.09. The zero-order valence-electron chi connectivity index (χ0n) is 35.0. The third kappa shape index (κ3) is 6.61. The molecule has 1 aromatic heterocycles. The Kier molecular flexibility index (Phi) is 9.20. The van der Waals surface area contributed by atoms with Crippen LogP contribution in [0.4, 0.5) is 17.1 Å². The molecule has 1 heterocycles. The number of benzene rings is 11. The number of nitrogens with zero attached hydrogens (tertiary/aromatic N) is 1. The van der Waals surface area contributed by atoms with E-state index in [2.05, 4.69) is 241 Å². The average molecular weight is 816 g/mol. The standard InChI is InChI=1S/C62H41NO/c1-2-14-43(15-3-1)52-18-6-8-20-55(52)57-22-10-11-23-58(57)56-21-9-7-19-53(56)45-30-35-49(36-31-45)63(50-37-39-60-59-24-12-13-25-61(59)64-62(60)41-50)48-33-28-42(29-34-48)46-32-38-54-47(40-46)27-26-44-16-4-5-17-51(44)54/h1-41H. The van der Waals surface area contributed by atoms with Gasteiger partial charge in [-0.3, -0.25) is 0 Å². The minimum Gasteiger partial charge on any atom is -0.456 e. The Labute approximate surface area is 372 Å². The van der Waals surface area contributed by atoms with Crippen molar-refractivity contribution in [1.29, 1.82) is 0 Å². The molecule has 0 atom stereocenters. The van der Waals surface area contributed by atoms with Crippen molar-refractivity contribution in [1.82, 2.24) is 0 Å². The molecule has 300 valence electrons. The van der Waals surface area contributed by atoms with Gasteiger partial charge >= 0.3 is 0 Å². The first-order valence-corrected chi connectivity index (χ1v) is 21.9. The summed E-state index contributed by atoms with van der Waals surface area (Å²) < 4.78 is 6.43. The maximum atomic E-state index is 6.43. The van der Waals surface area contributed by atoms with Gasteiger partial charge in [0.2, 0.25) is 0 Å². The molecule has 0 spiro atoms. The van der Waals surface area contributed by atoms with Crippen molar-refractivity contribution in [3.05, 3.63) is 249 Å². The van der Waals surface area contributed by atoms with E-state index in [0.717, 1.165) is 44.6 Å². The summed E-state index contributed by atoms with van der Waals surface area (Å²) in [6.07, 6.45) is 0. The van der Waals surface area contributed by atoms with Gasteiger partial charge in [0.25, 0.3) is 0 Å². The Morgan fingerprint density at radius 3 is 1.34 bits per heavy atom. The first-order chi connectivity index (χ1) is 31.7. The van der Waals surface area contributed by atoms with Crippen LogP contribution in [-0.4, -0.2) is 0 Å². The second-order valence-corrected chi connectivity index (χ2v) is 16.4. The number of para-hydroxylation sites is 1. The van der Waals surface area contributed by atoms with E-state index in [-0.39, 0.29) is 0 Å². The number of furan rings is 1. The Balaban J connectivity index is 0.936. The molecule has 11 aromatic carbocycles. The number of hydrogen-bond acceptors (Lipinski definition) is 2. The predicted octanol–water partition coefficient (Wildman–Crippen LogP) is 17.7. The van der Waals surface area contributed by atoms with Crippen molar-refractivity contribution in [3.8, 4) is 55.6 Å². The maximum Gasteiger partial charge on any atom is 0.137 e. The Bertz CT molecular complexity index is 3660. The summed E-state index contributed by atoms with van der Waals surface area (Å²) in [5.41, 5.74) is 16.8. The van der Waals surface area contributed by atoms with E-state index in [1.54, 1.807) is 0 Å². The van der Waals surface area contributed by atoms with Crippen molar-refractivity contribution in [2.24, 2.45) is 0 Å². The monoisotopic (exact) mass is 815 g/mol. The Morgan fingerprint density at radius 1 is 0.234 bits per heavy atom. The fourth-order valence-corrected chi connectivity index (χ4v) is 9.60. The fourth-order valence-electron chi connectivity index (χ4n) is 9.60. The van der Waals surface area contributed by atoms with E-state index in [4.69, 9.17) is 4.42 Å². The molecular weight excluding hydrogens is 775 g/mol. The summed E-state index contributed by atoms with van der Waals surface area (Å²) in [5, 5.41) is 7.28. The SMILES string of the molecule is c1ccc(-c2ccccc2-c2ccccc2-c2ccccc2-c2ccc(N(c3ccc(-c4ccc5c(ccc6ccccc65)c4)cc3)c3ccc4c(c3)oc3ccccc34)cc2)cc1. The summed E-state index contributed by atoms with van der Waals surface area (Å²) in [7, 11) is 0. The van der Waals surface area contributed by atoms with Crippen LogP contribution in [-0.2, 0) is 0 Å². The average Bonchev–Trinajstić information content (AvgIpc) is 3.75. The largest absolute Gasteiger partial charge is 0.456 e. The fraction of sp³-hybridized carbons (Fsp3) is 0. The molecule has 0 N–H and O–H groups in total. The van der Waals surface area contributed by atoms with Crippen LogP contribution in [0.5, 0.6) is 0 Å². The third-order valence-electron chi connectivity index (χ3n) is 12.7. The zero-order chi connectivity index (χ0) is 42.4. The molecule has 0 aliphatic carbocycles. The third-order valence-corrected chi connectivity index (χ3v) is 12.7. The van der Waals surface area contributed by atoms with Gasteiger partial charge in [-0.2, -0.15) is 0 Å². The molecule has 0 radical (unpaired) electrons. The van der Waals surface area contributed by atoms with Gasteiger partial charge in [-0.1, -0.05) is 194 Å². The van der Waals surface area contributed by atoms with E-state index in [9.17, 15) is 0 Å². The number of rotatable bonds is 8. The Morgan fingerprint density at radius 2 is 0.672 bits per heavy atom. The smallest absolute Gasteiger partial charge is 0.137 e. The van der Waals surface area contributed by atoms with Crippen molar-refractivity contribution in [2.45, 2.75) is 0 Å². The van der Waals surface area contributed by atoms with E-state index < -0.39 is 0 Å². The molecule has 2 heteroatoms. The normalized spacial score (nSPS) is 11.4. The highest BCUT2D eigenvalue weighted by Gasteiger charge is 2.19. The van der Waals surface area contributed by atoms with Gasteiger partial charge in [0.1, 0.15) is 11.2 Å². The highest BCUT2D eigenvalue weighted by Crippen LogP contribution is 2.44. The van der Waals surface area contributed by atoms with Crippen molar-refractivity contribution < 1.29 is 4.42 Å². The van der Waals surface area contributed by atoms with E-state index in [0.29, 0.717) is 0 Å². The Hall–Kier alpha value is -8.46. The van der Waals surface area contributed by atoms with Crippen LogP contribution in [0.1, 0.15) is 0 Å². The lowest BCUT2D eigenvalue weighted by molar-refractivity contribution is 0.669. The molecule has 0 aliphatic rings. The van der Waals surface area contributed by atoms with Crippen LogP contribution in [0, 0.1) is 0 Å². The molecule has 0 unspecified atom stereocenters. The zero-order valence-corrected chi connectivity index (χ0v) is 35.0. The van der Waals surface area contributed by atoms with Crippen molar-refractivity contribution in [2.75, 3.05) is 4.90 Å². The van der Waals surface area contributed by atoms with Crippen LogP contribution in [0.15, 0.2) is 253 Å². The van der Waals surface area contributed by atoms with Gasteiger partial charge in [0.15, 0.2) is 0 Å². The molecule has 0 aliphatic heterocycles. The molecule has 0 saturated heterocycles. The van der Waals surface area contributed by atoms with E-state index >= 15 is 0 Å². The van der Waals surface area contributed by atoms with Gasteiger partial charge in [-0.25, -0.2) is 0 Å². The highest BCUT2D eigenvalue weighted by atomic mass is 16.3. The van der Waals surface area contributed by atoms with E-state index in [1.165, 1.54) is 71.6 Å². The topological polar surface area (TPSA) is 16.4 Å². The van der Waals surface area contributed by atoms with Gasteiger partial charge in [-0.15, -0.1) is 0 Å². The second kappa shape index (κ2) is 15.8. The summed E-state index contributed by atoms with van der Waals surface area (Å²) in [4.78, 5) is 2.33. The maximum absolute atomic E-state index is 6.43. The number of hydrogen-bond donors (Lipinski definition) is 0. The van der Waals surface area contributed by atoms with Gasteiger partial charge in [-0.05, 0) is 126 Å². The summed E-state index contributed by atoms with van der Waals surface area (Å²) in [5.74, 6) is 0. The molecule has 12 aromatic rings. The first-order valence-electron chi connectivity index (χ1n) is 21.9. The van der Waals surface area contributed by atoms with E-state index in [1.807, 2.05) is 12.1 Å². The predicted molar refractivity (Wildman–Crippen MR) is 271 cm³/mol. The molecule has 0 amide bonds. The molecule has 0 saturated carbocycles. The van der Waals surface area contributed by atoms with Crippen LogP contribution < -0.4 is 4.90 Å². The second-order valence-electron chi connectivity index (χ2n) is 16.4. The molecule has 12 rings (SSSR count). The molecule has 0 fully saturated rings. The van der Waals surface area contributed by atoms with Gasteiger partial charge in [0, 0.05) is 33.9 Å². The molecular formula is C62H41NO. The molecule has 0 bridgehead atoms. The number of anilines is 3. The minimum absolute atomic E-state index is 0.863. The lowest BCUT2D eigenvalue weighted by Gasteiger charge is -2.26. The van der Waals surface area contributed by atoms with Crippen LogP contribution >= 0.6 is 0 Å². The molecule has 2 nitrogen and oxygen atoms in total. The van der Waals surface area contributed by atoms with Gasteiger partial charge < -0.3 is 9.32 Å². The van der Waals surface area contributed by atoms with Crippen LogP contribution in [0.3, 0.4) is 0 Å². The van der Waals surface area contributed by atoms with Crippen molar-refractivity contribution >= 4 is 60.5 Å². The lowest BCUT2D eigenvalue weighted by atomic mass is 9.87. The summed E-state index contributed by atoms with van der Waals surface area (Å²) >= 11 is 0. The van der Waals surface area contributed by atoms with Gasteiger partial charge in [0.05, 0.1) is 0 Å². The minimum atomic E-state index is 0.863. The number of fused-ring (bicyclic) bond motifs is 6. The highest BCUT2D eigenvalue weighted by molar-refractivity contribution is 6.09. The summed E-state index contributed by atoms with van der Waals surface area (Å²) in [6, 6.07) is 89.6. The summed E-state index contributed by atoms with van der Waals surface area (Å²) in [6.45, 7) is 0. The molecule has 64 heavy (non-hydrogen) atoms. The van der Waals surface area contributed by atoms with Crippen molar-refractivity contribution in [3.63, 3.8) is 0 Å². The quantitative estimate of drug-likeness (QED) is 0.142. The van der Waals surface area contributed by atoms with Crippen LogP contribution in [0.2, 0.25) is 0 Å².